The maximum absolute atomic E-state index is 12.6. The van der Waals surface area contributed by atoms with Crippen molar-refractivity contribution in [2.45, 2.75) is 18.9 Å². The van der Waals surface area contributed by atoms with Crippen molar-refractivity contribution in [1.29, 1.82) is 0 Å². The molecular weight excluding hydrogens is 244 g/mol. The highest BCUT2D eigenvalue weighted by molar-refractivity contribution is 5.99. The fraction of sp³-hybridized carbons (Fsp3) is 0.500. The lowest BCUT2D eigenvalue weighted by molar-refractivity contribution is 0.0568. The normalized spacial score (nSPS) is 26.2. The molecule has 1 aromatic carbocycles. The first kappa shape index (κ1) is 12.3. The second-order valence-corrected chi connectivity index (χ2v) is 5.30. The molecule has 0 bridgehead atoms. The fourth-order valence-corrected chi connectivity index (χ4v) is 3.21. The molecule has 2 atom stereocenters. The molecule has 5 heteroatoms. The maximum Gasteiger partial charge on any atom is 0.261 e. The molecule has 0 spiro atoms. The monoisotopic (exact) mass is 262 g/mol. The molecule has 2 unspecified atom stereocenters. The summed E-state index contributed by atoms with van der Waals surface area (Å²) in [5, 5.41) is 22.9. The predicted octanol–water partition coefficient (Wildman–Crippen LogP) is 0.922. The number of benzene rings is 1. The van der Waals surface area contributed by atoms with Crippen molar-refractivity contribution in [3.8, 4) is 11.5 Å². The molecular formula is C14H18N2O3. The van der Waals surface area contributed by atoms with Crippen LogP contribution < -0.4 is 5.32 Å². The fourth-order valence-electron chi connectivity index (χ4n) is 3.21. The van der Waals surface area contributed by atoms with E-state index in [0.29, 0.717) is 12.5 Å². The van der Waals surface area contributed by atoms with Gasteiger partial charge in [-0.2, -0.15) is 0 Å². The number of fused-ring (bicyclic) bond motifs is 1. The van der Waals surface area contributed by atoms with Gasteiger partial charge in [0, 0.05) is 25.7 Å². The molecule has 1 amide bonds. The molecule has 2 aliphatic heterocycles. The summed E-state index contributed by atoms with van der Waals surface area (Å²) in [6, 6.07) is 4.57. The van der Waals surface area contributed by atoms with Gasteiger partial charge in [-0.15, -0.1) is 0 Å². The second-order valence-electron chi connectivity index (χ2n) is 5.30. The average molecular weight is 262 g/mol. The van der Waals surface area contributed by atoms with Crippen LogP contribution in [0.3, 0.4) is 0 Å². The Morgan fingerprint density at radius 2 is 2.00 bits per heavy atom. The molecule has 19 heavy (non-hydrogen) atoms. The highest BCUT2D eigenvalue weighted by atomic mass is 16.3. The smallest absolute Gasteiger partial charge is 0.261 e. The van der Waals surface area contributed by atoms with Crippen LogP contribution in [0.1, 0.15) is 23.2 Å². The van der Waals surface area contributed by atoms with Gasteiger partial charge in [-0.3, -0.25) is 4.79 Å². The molecule has 0 radical (unpaired) electrons. The number of hydrogen-bond acceptors (Lipinski definition) is 4. The van der Waals surface area contributed by atoms with Crippen LogP contribution in [0.25, 0.3) is 0 Å². The molecule has 0 aliphatic carbocycles. The van der Waals surface area contributed by atoms with Gasteiger partial charge in [0.1, 0.15) is 17.1 Å². The lowest BCUT2D eigenvalue weighted by atomic mass is 9.91. The molecule has 5 nitrogen and oxygen atoms in total. The van der Waals surface area contributed by atoms with E-state index in [4.69, 9.17) is 0 Å². The third kappa shape index (κ3) is 2.04. The number of nitrogens with one attached hydrogen (secondary N) is 1. The minimum atomic E-state index is -0.269. The number of nitrogens with zero attached hydrogens (tertiary/aromatic N) is 1. The zero-order valence-corrected chi connectivity index (χ0v) is 10.7. The number of rotatable bonds is 1. The first-order valence-corrected chi connectivity index (χ1v) is 6.71. The van der Waals surface area contributed by atoms with Crippen molar-refractivity contribution in [3.63, 3.8) is 0 Å². The number of hydrogen-bond donors (Lipinski definition) is 3. The number of likely N-dealkylation sites (tertiary alicyclic amines) is 1. The van der Waals surface area contributed by atoms with Crippen LogP contribution in [0.5, 0.6) is 11.5 Å². The number of aromatic hydroxyl groups is 2. The quantitative estimate of drug-likeness (QED) is 0.704. The van der Waals surface area contributed by atoms with E-state index in [9.17, 15) is 15.0 Å². The average Bonchev–Trinajstić information content (AvgIpc) is 2.86. The van der Waals surface area contributed by atoms with E-state index in [1.807, 2.05) is 0 Å². The number of carbonyl (C=O) groups excluding carboxylic acids is 1. The molecule has 0 saturated carbocycles. The Labute approximate surface area is 111 Å². The summed E-state index contributed by atoms with van der Waals surface area (Å²) in [5.74, 6) is -0.0872. The largest absolute Gasteiger partial charge is 0.507 e. The lowest BCUT2D eigenvalue weighted by Crippen LogP contribution is -2.48. The zero-order valence-electron chi connectivity index (χ0n) is 10.7. The minimum Gasteiger partial charge on any atom is -0.507 e. The number of phenols is 2. The summed E-state index contributed by atoms with van der Waals surface area (Å²) < 4.78 is 0. The molecule has 3 rings (SSSR count). The first-order valence-electron chi connectivity index (χ1n) is 6.71. The van der Waals surface area contributed by atoms with Gasteiger partial charge in [-0.05, 0) is 30.9 Å². The van der Waals surface area contributed by atoms with E-state index in [0.717, 1.165) is 25.9 Å². The Balaban J connectivity index is 1.91. The molecule has 1 aromatic rings. The standard InChI is InChI=1S/C14H18N2O3/c17-11-4-1-5-12(18)13(11)14(19)16-6-2-3-9-7-15-8-10(9)16/h1,4-5,9-10,15,17-18H,2-3,6-8H2. The summed E-state index contributed by atoms with van der Waals surface area (Å²) >= 11 is 0. The highest BCUT2D eigenvalue weighted by Crippen LogP contribution is 2.32. The van der Waals surface area contributed by atoms with Crippen LogP contribution in [0.2, 0.25) is 0 Å². The maximum atomic E-state index is 12.6. The van der Waals surface area contributed by atoms with Crippen LogP contribution >= 0.6 is 0 Å². The van der Waals surface area contributed by atoms with Gasteiger partial charge in [0.15, 0.2) is 0 Å². The van der Waals surface area contributed by atoms with E-state index in [2.05, 4.69) is 5.32 Å². The molecule has 2 heterocycles. The topological polar surface area (TPSA) is 72.8 Å². The van der Waals surface area contributed by atoms with Gasteiger partial charge in [0.25, 0.3) is 5.91 Å². The Morgan fingerprint density at radius 1 is 1.26 bits per heavy atom. The van der Waals surface area contributed by atoms with Crippen molar-refractivity contribution in [3.05, 3.63) is 23.8 Å². The van der Waals surface area contributed by atoms with Gasteiger partial charge in [-0.1, -0.05) is 6.07 Å². The summed E-state index contributed by atoms with van der Waals surface area (Å²) in [4.78, 5) is 14.4. The van der Waals surface area contributed by atoms with Gasteiger partial charge < -0.3 is 20.4 Å². The van der Waals surface area contributed by atoms with Crippen LogP contribution in [-0.4, -0.2) is 46.7 Å². The Bertz CT molecular complexity index is 483. The molecule has 2 fully saturated rings. The zero-order chi connectivity index (χ0) is 13.4. The van der Waals surface area contributed by atoms with Crippen molar-refractivity contribution >= 4 is 5.91 Å². The van der Waals surface area contributed by atoms with E-state index < -0.39 is 0 Å². The van der Waals surface area contributed by atoms with Gasteiger partial charge in [0.2, 0.25) is 0 Å². The summed E-state index contributed by atoms with van der Waals surface area (Å²) in [6.45, 7) is 2.43. The minimum absolute atomic E-state index is 0.0232. The van der Waals surface area contributed by atoms with E-state index in [-0.39, 0.29) is 29.0 Å². The van der Waals surface area contributed by atoms with Crippen molar-refractivity contribution in [1.82, 2.24) is 10.2 Å². The lowest BCUT2D eigenvalue weighted by Gasteiger charge is -2.37. The molecule has 0 aromatic heterocycles. The van der Waals surface area contributed by atoms with E-state index in [1.165, 1.54) is 18.2 Å². The molecule has 102 valence electrons. The van der Waals surface area contributed by atoms with Crippen LogP contribution in [0, 0.1) is 5.92 Å². The summed E-state index contributed by atoms with van der Waals surface area (Å²) in [6.07, 6.45) is 2.11. The van der Waals surface area contributed by atoms with Gasteiger partial charge >= 0.3 is 0 Å². The predicted molar refractivity (Wildman–Crippen MR) is 70.2 cm³/mol. The van der Waals surface area contributed by atoms with Gasteiger partial charge in [0.05, 0.1) is 0 Å². The highest BCUT2D eigenvalue weighted by Gasteiger charge is 2.38. The van der Waals surface area contributed by atoms with Crippen molar-refractivity contribution in [2.75, 3.05) is 19.6 Å². The third-order valence-corrected chi connectivity index (χ3v) is 4.17. The van der Waals surface area contributed by atoms with Gasteiger partial charge in [-0.25, -0.2) is 0 Å². The third-order valence-electron chi connectivity index (χ3n) is 4.17. The van der Waals surface area contributed by atoms with Crippen LogP contribution in [-0.2, 0) is 0 Å². The Morgan fingerprint density at radius 3 is 2.74 bits per heavy atom. The Kier molecular flexibility index (Phi) is 3.06. The van der Waals surface area contributed by atoms with Crippen LogP contribution in [0.4, 0.5) is 0 Å². The first-order chi connectivity index (χ1) is 9.18. The molecule has 2 aliphatic rings. The van der Waals surface area contributed by atoms with Crippen LogP contribution in [0.15, 0.2) is 18.2 Å². The number of piperidine rings is 1. The Hall–Kier alpha value is -1.75. The second kappa shape index (κ2) is 4.74. The number of phenolic OH excluding ortho intramolecular Hbond substituents is 2. The van der Waals surface area contributed by atoms with E-state index in [1.54, 1.807) is 4.90 Å². The molecule has 3 N–H and O–H groups in total. The molecule has 2 saturated heterocycles. The van der Waals surface area contributed by atoms with E-state index >= 15 is 0 Å². The summed E-state index contributed by atoms with van der Waals surface area (Å²) in [7, 11) is 0. The number of carbonyl (C=O) groups is 1. The van der Waals surface area contributed by atoms with Crippen molar-refractivity contribution in [2.24, 2.45) is 5.92 Å². The SMILES string of the molecule is O=C(c1c(O)cccc1O)N1CCCC2CNCC21. The number of amides is 1. The summed E-state index contributed by atoms with van der Waals surface area (Å²) in [5.41, 5.74) is 0.0232. The van der Waals surface area contributed by atoms with Crippen molar-refractivity contribution < 1.29 is 15.0 Å².